The molecule has 4 rings (SSSR count). The van der Waals surface area contributed by atoms with Gasteiger partial charge in [-0.15, -0.1) is 0 Å². The minimum Gasteiger partial charge on any atom is -0.497 e. The highest BCUT2D eigenvalue weighted by Crippen LogP contribution is 2.32. The minimum absolute atomic E-state index is 0.0786. The molecule has 0 aliphatic carbocycles. The van der Waals surface area contributed by atoms with Crippen LogP contribution in [0.5, 0.6) is 5.75 Å². The summed E-state index contributed by atoms with van der Waals surface area (Å²) in [7, 11) is 0.0693. The van der Waals surface area contributed by atoms with Crippen LogP contribution in [0.4, 0.5) is 18.9 Å². The number of piperazine rings is 1. The topological polar surface area (TPSA) is 75.9 Å². The Morgan fingerprint density at radius 1 is 1.11 bits per heavy atom. The standard InChI is InChI=1S/C25H26F3N3O4S/c1-17-22(29-24(35-17)18-5-3-8-21(13-18)34-2)15-36(33)16-23(32)31-11-9-30(10-12-31)20-7-4-6-19(14-20)25(26,27)28/h3-8,13-14H,9-12,15-16H2,1-2H3/t36-/m0/s1. The maximum atomic E-state index is 13.0. The zero-order chi connectivity index (χ0) is 25.9. The van der Waals surface area contributed by atoms with E-state index in [4.69, 9.17) is 9.15 Å². The summed E-state index contributed by atoms with van der Waals surface area (Å²) in [5, 5.41) is 0. The van der Waals surface area contributed by atoms with Gasteiger partial charge in [0.25, 0.3) is 0 Å². The second kappa shape index (κ2) is 10.7. The number of aryl methyl sites for hydroxylation is 1. The molecule has 11 heteroatoms. The molecule has 7 nitrogen and oxygen atoms in total. The van der Waals surface area contributed by atoms with Crippen LogP contribution in [-0.4, -0.2) is 59.0 Å². The van der Waals surface area contributed by atoms with E-state index in [-0.39, 0.29) is 17.4 Å². The van der Waals surface area contributed by atoms with Crippen molar-refractivity contribution < 1.29 is 31.3 Å². The summed E-state index contributed by atoms with van der Waals surface area (Å²) >= 11 is 0. The van der Waals surface area contributed by atoms with Gasteiger partial charge in [-0.2, -0.15) is 13.2 Å². The second-order valence-corrected chi connectivity index (χ2v) is 9.86. The lowest BCUT2D eigenvalue weighted by Gasteiger charge is -2.36. The molecule has 1 aliphatic rings. The van der Waals surface area contributed by atoms with Gasteiger partial charge in [0.1, 0.15) is 17.3 Å². The minimum atomic E-state index is -4.41. The van der Waals surface area contributed by atoms with Gasteiger partial charge >= 0.3 is 6.18 Å². The van der Waals surface area contributed by atoms with Crippen LogP contribution >= 0.6 is 0 Å². The molecule has 2 heterocycles. The average molecular weight is 522 g/mol. The molecule has 3 aromatic rings. The fourth-order valence-electron chi connectivity index (χ4n) is 3.97. The van der Waals surface area contributed by atoms with E-state index in [1.807, 2.05) is 17.0 Å². The number of benzene rings is 2. The number of carbonyl (C=O) groups excluding carboxylic acids is 1. The summed E-state index contributed by atoms with van der Waals surface area (Å²) in [6.45, 7) is 3.21. The van der Waals surface area contributed by atoms with Crippen LogP contribution in [0.2, 0.25) is 0 Å². The fourth-order valence-corrected chi connectivity index (χ4v) is 5.10. The van der Waals surface area contributed by atoms with Gasteiger partial charge in [0.15, 0.2) is 0 Å². The van der Waals surface area contributed by atoms with E-state index in [9.17, 15) is 22.2 Å². The first-order chi connectivity index (χ1) is 17.1. The Labute approximate surface area is 209 Å². The van der Waals surface area contributed by atoms with Gasteiger partial charge in [0.05, 0.1) is 24.1 Å². The maximum Gasteiger partial charge on any atom is 0.416 e. The number of halogens is 3. The number of alkyl halides is 3. The number of ether oxygens (including phenoxy) is 1. The summed E-state index contributed by atoms with van der Waals surface area (Å²) in [6, 6.07) is 12.4. The first kappa shape index (κ1) is 25.7. The molecule has 1 amide bonds. The number of aromatic nitrogens is 1. The van der Waals surface area contributed by atoms with Crippen LogP contribution < -0.4 is 9.64 Å². The molecule has 36 heavy (non-hydrogen) atoms. The molecular formula is C25H26F3N3O4S. The fraction of sp³-hybridized carbons (Fsp3) is 0.360. The van der Waals surface area contributed by atoms with Crippen LogP contribution in [-0.2, 0) is 27.5 Å². The number of hydrogen-bond donors (Lipinski definition) is 0. The third-order valence-electron chi connectivity index (χ3n) is 5.96. The predicted molar refractivity (Wildman–Crippen MR) is 130 cm³/mol. The van der Waals surface area contributed by atoms with Crippen molar-refractivity contribution in [3.05, 3.63) is 65.5 Å². The Kier molecular flexibility index (Phi) is 7.67. The number of amides is 1. The molecule has 1 atom stereocenters. The van der Waals surface area contributed by atoms with E-state index >= 15 is 0 Å². The zero-order valence-electron chi connectivity index (χ0n) is 19.9. The highest BCUT2D eigenvalue weighted by molar-refractivity contribution is 7.84. The normalized spacial score (nSPS) is 15.1. The van der Waals surface area contributed by atoms with E-state index < -0.39 is 22.5 Å². The molecule has 0 spiro atoms. The van der Waals surface area contributed by atoms with Gasteiger partial charge < -0.3 is 19.0 Å². The molecule has 2 aromatic carbocycles. The van der Waals surface area contributed by atoms with Gasteiger partial charge in [0, 0.05) is 48.2 Å². The summed E-state index contributed by atoms with van der Waals surface area (Å²) in [5.74, 6) is 1.23. The number of anilines is 1. The Morgan fingerprint density at radius 3 is 2.53 bits per heavy atom. The van der Waals surface area contributed by atoms with Crippen molar-refractivity contribution >= 4 is 22.4 Å². The van der Waals surface area contributed by atoms with Gasteiger partial charge in [-0.1, -0.05) is 12.1 Å². The molecule has 1 aromatic heterocycles. The Morgan fingerprint density at radius 2 is 1.83 bits per heavy atom. The molecule has 0 N–H and O–H groups in total. The Hall–Kier alpha value is -3.34. The predicted octanol–water partition coefficient (Wildman–Crippen LogP) is 4.27. The largest absolute Gasteiger partial charge is 0.497 e. The van der Waals surface area contributed by atoms with Crippen LogP contribution in [0, 0.1) is 6.92 Å². The van der Waals surface area contributed by atoms with Gasteiger partial charge in [-0.25, -0.2) is 4.98 Å². The maximum absolute atomic E-state index is 13.0. The number of nitrogens with zero attached hydrogens (tertiary/aromatic N) is 3. The highest BCUT2D eigenvalue weighted by Gasteiger charge is 2.31. The summed E-state index contributed by atoms with van der Waals surface area (Å²) in [6.07, 6.45) is -4.41. The second-order valence-electron chi connectivity index (χ2n) is 8.40. The Balaban J connectivity index is 1.32. The highest BCUT2D eigenvalue weighted by atomic mass is 32.2. The molecule has 1 aliphatic heterocycles. The van der Waals surface area contributed by atoms with Crippen molar-refractivity contribution in [2.24, 2.45) is 0 Å². The molecule has 192 valence electrons. The first-order valence-electron chi connectivity index (χ1n) is 11.3. The average Bonchev–Trinajstić information content (AvgIpc) is 3.23. The Bertz CT molecular complexity index is 1250. The van der Waals surface area contributed by atoms with Gasteiger partial charge in [-0.05, 0) is 43.3 Å². The lowest BCUT2D eigenvalue weighted by molar-refractivity contribution is -0.137. The SMILES string of the molecule is COc1cccc(-c2nc(C[S@](=O)CC(=O)N3CCN(c4cccc(C(F)(F)F)c4)CC3)c(C)o2)c1. The van der Waals surface area contributed by atoms with Crippen LogP contribution in [0.25, 0.3) is 11.5 Å². The number of carbonyl (C=O) groups is 1. The van der Waals surface area contributed by atoms with Gasteiger partial charge in [-0.3, -0.25) is 9.00 Å². The van der Waals surface area contributed by atoms with Crippen LogP contribution in [0.15, 0.2) is 52.9 Å². The van der Waals surface area contributed by atoms with Crippen molar-refractivity contribution in [3.8, 4) is 17.2 Å². The quantitative estimate of drug-likeness (QED) is 0.462. The molecular weight excluding hydrogens is 495 g/mol. The van der Waals surface area contributed by atoms with Crippen molar-refractivity contribution in [2.75, 3.05) is 43.9 Å². The number of rotatable bonds is 7. The smallest absolute Gasteiger partial charge is 0.416 e. The number of methoxy groups -OCH3 is 1. The lowest BCUT2D eigenvalue weighted by atomic mass is 10.1. The molecule has 0 unspecified atom stereocenters. The number of oxazole rings is 1. The molecule has 0 saturated carbocycles. The van der Waals surface area contributed by atoms with Crippen LogP contribution in [0.1, 0.15) is 17.0 Å². The monoisotopic (exact) mass is 521 g/mol. The molecule has 0 radical (unpaired) electrons. The summed E-state index contributed by atoms with van der Waals surface area (Å²) in [4.78, 5) is 20.6. The van der Waals surface area contributed by atoms with Crippen molar-refractivity contribution in [1.29, 1.82) is 0 Å². The van der Waals surface area contributed by atoms with Crippen LogP contribution in [0.3, 0.4) is 0 Å². The number of hydrogen-bond acceptors (Lipinski definition) is 6. The van der Waals surface area contributed by atoms with E-state index in [2.05, 4.69) is 4.98 Å². The zero-order valence-corrected chi connectivity index (χ0v) is 20.7. The third-order valence-corrected chi connectivity index (χ3v) is 7.13. The third kappa shape index (κ3) is 6.07. The molecule has 1 saturated heterocycles. The van der Waals surface area contributed by atoms with E-state index in [0.717, 1.165) is 17.7 Å². The first-order valence-corrected chi connectivity index (χ1v) is 12.8. The summed E-state index contributed by atoms with van der Waals surface area (Å²) < 4.78 is 62.7. The lowest BCUT2D eigenvalue weighted by Crippen LogP contribution is -2.50. The van der Waals surface area contributed by atoms with Crippen molar-refractivity contribution in [1.82, 2.24) is 9.88 Å². The summed E-state index contributed by atoms with van der Waals surface area (Å²) in [5.41, 5.74) is 1.01. The van der Waals surface area contributed by atoms with E-state index in [0.29, 0.717) is 55.0 Å². The van der Waals surface area contributed by atoms with E-state index in [1.54, 1.807) is 37.1 Å². The van der Waals surface area contributed by atoms with Crippen molar-refractivity contribution in [3.63, 3.8) is 0 Å². The van der Waals surface area contributed by atoms with Gasteiger partial charge in [0.2, 0.25) is 11.8 Å². The van der Waals surface area contributed by atoms with Crippen molar-refractivity contribution in [2.45, 2.75) is 18.9 Å². The molecule has 0 bridgehead atoms. The molecule has 1 fully saturated rings. The van der Waals surface area contributed by atoms with E-state index in [1.165, 1.54) is 6.07 Å².